The fourth-order valence-corrected chi connectivity index (χ4v) is 1.72. The molecule has 0 aromatic carbocycles. The Kier molecular flexibility index (Phi) is 3.31. The van der Waals surface area contributed by atoms with Crippen LogP contribution in [0.1, 0.15) is 37.0 Å². The zero-order valence-corrected chi connectivity index (χ0v) is 9.58. The lowest BCUT2D eigenvalue weighted by atomic mass is 10.2. The molecule has 1 N–H and O–H groups in total. The van der Waals surface area contributed by atoms with Gasteiger partial charge in [-0.1, -0.05) is 6.92 Å². The van der Waals surface area contributed by atoms with E-state index in [4.69, 9.17) is 0 Å². The molecule has 15 heavy (non-hydrogen) atoms. The minimum Gasteiger partial charge on any atom is -0.311 e. The van der Waals surface area contributed by atoms with Crippen LogP contribution in [-0.2, 0) is 13.0 Å². The van der Waals surface area contributed by atoms with E-state index in [-0.39, 0.29) is 0 Å². The van der Waals surface area contributed by atoms with Gasteiger partial charge in [-0.2, -0.15) is 0 Å². The summed E-state index contributed by atoms with van der Waals surface area (Å²) in [4.78, 5) is 9.06. The summed E-state index contributed by atoms with van der Waals surface area (Å²) in [5.41, 5.74) is 2.22. The van der Waals surface area contributed by atoms with Crippen molar-refractivity contribution in [1.82, 2.24) is 15.3 Å². The first kappa shape index (κ1) is 10.6. The summed E-state index contributed by atoms with van der Waals surface area (Å²) in [6.45, 7) is 6.01. The monoisotopic (exact) mass is 205 g/mol. The van der Waals surface area contributed by atoms with E-state index >= 15 is 0 Å². The van der Waals surface area contributed by atoms with Crippen LogP contribution >= 0.6 is 0 Å². The molecule has 1 aliphatic rings. The lowest BCUT2D eigenvalue weighted by Gasteiger charge is -2.05. The number of rotatable bonds is 5. The van der Waals surface area contributed by atoms with Crippen molar-refractivity contribution >= 4 is 0 Å². The van der Waals surface area contributed by atoms with Crippen molar-refractivity contribution in [2.75, 3.05) is 6.54 Å². The van der Waals surface area contributed by atoms with Crippen LogP contribution in [0.25, 0.3) is 0 Å². The van der Waals surface area contributed by atoms with Gasteiger partial charge < -0.3 is 5.32 Å². The van der Waals surface area contributed by atoms with Crippen LogP contribution in [0.4, 0.5) is 0 Å². The molecule has 0 saturated heterocycles. The summed E-state index contributed by atoms with van der Waals surface area (Å²) in [7, 11) is 0. The molecule has 0 unspecified atom stereocenters. The molecule has 3 heteroatoms. The summed E-state index contributed by atoms with van der Waals surface area (Å²) in [6, 6.07) is 2.07. The number of hydrogen-bond donors (Lipinski definition) is 1. The molecule has 1 aliphatic carbocycles. The number of aryl methyl sites for hydroxylation is 1. The Labute approximate surface area is 91.3 Å². The molecule has 1 heterocycles. The van der Waals surface area contributed by atoms with Crippen molar-refractivity contribution in [3.05, 3.63) is 23.3 Å². The van der Waals surface area contributed by atoms with Crippen molar-refractivity contribution in [2.24, 2.45) is 5.92 Å². The van der Waals surface area contributed by atoms with E-state index in [1.54, 1.807) is 0 Å². The Morgan fingerprint density at radius 2 is 2.20 bits per heavy atom. The highest BCUT2D eigenvalue weighted by Crippen LogP contribution is 2.31. The predicted octanol–water partition coefficient (Wildman–Crippen LogP) is 1.85. The first-order chi connectivity index (χ1) is 7.28. The Bertz CT molecular complexity index is 332. The highest BCUT2D eigenvalue weighted by molar-refractivity contribution is 5.10. The van der Waals surface area contributed by atoms with E-state index < -0.39 is 0 Å². The second-order valence-corrected chi connectivity index (χ2v) is 4.34. The van der Waals surface area contributed by atoms with Crippen LogP contribution in [0.3, 0.4) is 0 Å². The maximum atomic E-state index is 4.58. The van der Waals surface area contributed by atoms with Crippen LogP contribution < -0.4 is 5.32 Å². The van der Waals surface area contributed by atoms with Crippen molar-refractivity contribution in [3.8, 4) is 0 Å². The average Bonchev–Trinajstić information content (AvgIpc) is 2.98. The normalized spacial score (nSPS) is 15.6. The van der Waals surface area contributed by atoms with Crippen molar-refractivity contribution < 1.29 is 0 Å². The van der Waals surface area contributed by atoms with E-state index in [1.165, 1.54) is 12.8 Å². The number of nitrogens with one attached hydrogen (secondary N) is 1. The SMILES string of the molecule is CCNCc1cc(C)nc(CC2CC2)n1. The van der Waals surface area contributed by atoms with Gasteiger partial charge >= 0.3 is 0 Å². The maximum Gasteiger partial charge on any atom is 0.129 e. The maximum absolute atomic E-state index is 4.58. The van der Waals surface area contributed by atoms with Crippen LogP contribution in [0.2, 0.25) is 0 Å². The Morgan fingerprint density at radius 1 is 1.40 bits per heavy atom. The third-order valence-electron chi connectivity index (χ3n) is 2.68. The Balaban J connectivity index is 2.05. The van der Waals surface area contributed by atoms with Crippen molar-refractivity contribution in [2.45, 2.75) is 39.7 Å². The van der Waals surface area contributed by atoms with Gasteiger partial charge in [-0.05, 0) is 38.3 Å². The Hall–Kier alpha value is -0.960. The largest absolute Gasteiger partial charge is 0.311 e. The quantitative estimate of drug-likeness (QED) is 0.797. The molecule has 0 radical (unpaired) electrons. The lowest BCUT2D eigenvalue weighted by molar-refractivity contribution is 0.687. The van der Waals surface area contributed by atoms with Gasteiger partial charge in [-0.15, -0.1) is 0 Å². The summed E-state index contributed by atoms with van der Waals surface area (Å²) < 4.78 is 0. The molecule has 0 spiro atoms. The van der Waals surface area contributed by atoms with E-state index in [0.717, 1.165) is 42.6 Å². The van der Waals surface area contributed by atoms with Gasteiger partial charge in [0.1, 0.15) is 5.82 Å². The second-order valence-electron chi connectivity index (χ2n) is 4.34. The van der Waals surface area contributed by atoms with Gasteiger partial charge in [-0.25, -0.2) is 9.97 Å². The predicted molar refractivity (Wildman–Crippen MR) is 60.6 cm³/mol. The van der Waals surface area contributed by atoms with E-state index in [9.17, 15) is 0 Å². The molecule has 3 nitrogen and oxygen atoms in total. The molecule has 1 saturated carbocycles. The fourth-order valence-electron chi connectivity index (χ4n) is 1.72. The molecule has 0 atom stereocenters. The van der Waals surface area contributed by atoms with E-state index in [0.29, 0.717) is 0 Å². The molecule has 1 aromatic rings. The van der Waals surface area contributed by atoms with Crippen LogP contribution in [-0.4, -0.2) is 16.5 Å². The fraction of sp³-hybridized carbons (Fsp3) is 0.667. The molecular weight excluding hydrogens is 186 g/mol. The minimum absolute atomic E-state index is 0.859. The highest BCUT2D eigenvalue weighted by Gasteiger charge is 2.22. The summed E-state index contributed by atoms with van der Waals surface area (Å²) in [5.74, 6) is 1.89. The average molecular weight is 205 g/mol. The molecule has 0 bridgehead atoms. The lowest BCUT2D eigenvalue weighted by Crippen LogP contribution is -2.14. The van der Waals surface area contributed by atoms with E-state index in [2.05, 4.69) is 28.3 Å². The number of hydrogen-bond acceptors (Lipinski definition) is 3. The number of nitrogens with zero attached hydrogens (tertiary/aromatic N) is 2. The zero-order valence-electron chi connectivity index (χ0n) is 9.58. The van der Waals surface area contributed by atoms with Gasteiger partial charge in [0.25, 0.3) is 0 Å². The van der Waals surface area contributed by atoms with Gasteiger partial charge in [0, 0.05) is 18.7 Å². The van der Waals surface area contributed by atoms with Crippen molar-refractivity contribution in [3.63, 3.8) is 0 Å². The van der Waals surface area contributed by atoms with Gasteiger partial charge in [0.2, 0.25) is 0 Å². The molecule has 82 valence electrons. The van der Waals surface area contributed by atoms with Gasteiger partial charge in [0.05, 0.1) is 5.69 Å². The first-order valence-corrected chi connectivity index (χ1v) is 5.82. The van der Waals surface area contributed by atoms with Crippen molar-refractivity contribution in [1.29, 1.82) is 0 Å². The Morgan fingerprint density at radius 3 is 2.87 bits per heavy atom. The molecule has 0 aliphatic heterocycles. The second kappa shape index (κ2) is 4.71. The minimum atomic E-state index is 0.859. The van der Waals surface area contributed by atoms with Crippen LogP contribution in [0.15, 0.2) is 6.07 Å². The highest BCUT2D eigenvalue weighted by atomic mass is 14.9. The third-order valence-corrected chi connectivity index (χ3v) is 2.68. The molecule has 1 fully saturated rings. The molecule has 0 amide bonds. The van der Waals surface area contributed by atoms with Gasteiger partial charge in [-0.3, -0.25) is 0 Å². The number of aromatic nitrogens is 2. The molecule has 2 rings (SSSR count). The smallest absolute Gasteiger partial charge is 0.129 e. The van der Waals surface area contributed by atoms with Crippen LogP contribution in [0.5, 0.6) is 0 Å². The van der Waals surface area contributed by atoms with E-state index in [1.807, 2.05) is 6.92 Å². The van der Waals surface area contributed by atoms with Crippen LogP contribution in [0, 0.1) is 12.8 Å². The molecular formula is C12H19N3. The van der Waals surface area contributed by atoms with Gasteiger partial charge in [0.15, 0.2) is 0 Å². The summed E-state index contributed by atoms with van der Waals surface area (Å²) in [6.07, 6.45) is 3.79. The third kappa shape index (κ3) is 3.27. The topological polar surface area (TPSA) is 37.8 Å². The first-order valence-electron chi connectivity index (χ1n) is 5.82. The summed E-state index contributed by atoms with van der Waals surface area (Å²) >= 11 is 0. The standard InChI is InChI=1S/C12H19N3/c1-3-13-8-11-6-9(2)14-12(15-11)7-10-4-5-10/h6,10,13H,3-5,7-8H2,1-2H3. The summed E-state index contributed by atoms with van der Waals surface area (Å²) in [5, 5.41) is 3.30. The zero-order chi connectivity index (χ0) is 10.7. The molecule has 1 aromatic heterocycles.